The molecule has 0 spiro atoms. The molecule has 0 heterocycles. The van der Waals surface area contributed by atoms with Gasteiger partial charge in [0, 0.05) is 5.69 Å². The number of rotatable bonds is 6. The zero-order valence-electron chi connectivity index (χ0n) is 12.3. The van der Waals surface area contributed by atoms with E-state index in [-0.39, 0.29) is 5.92 Å². The number of nitrogens with one attached hydrogen (secondary N) is 2. The molecule has 0 aliphatic carbocycles. The molecule has 1 aromatic rings. The Morgan fingerprint density at radius 2 is 1.81 bits per heavy atom. The second kappa shape index (κ2) is 7.75. The highest BCUT2D eigenvalue weighted by atomic mass is 16.3. The lowest BCUT2D eigenvalue weighted by molar-refractivity contribution is -0.128. The largest absolute Gasteiger partial charge is 0.394 e. The van der Waals surface area contributed by atoms with Crippen LogP contribution in [0.15, 0.2) is 24.3 Å². The first kappa shape index (κ1) is 17.1. The van der Waals surface area contributed by atoms with Crippen molar-refractivity contribution in [2.24, 2.45) is 11.7 Å². The van der Waals surface area contributed by atoms with Crippen molar-refractivity contribution in [3.8, 4) is 0 Å². The summed E-state index contributed by atoms with van der Waals surface area (Å²) in [5.74, 6) is -1.03. The molecule has 5 N–H and O–H groups in total. The Kier molecular flexibility index (Phi) is 6.33. The Bertz CT molecular complexity index is 485. The fraction of sp³-hybridized carbons (Fsp3) is 0.400. The van der Waals surface area contributed by atoms with Crippen LogP contribution in [0.3, 0.4) is 0 Å². The molecule has 0 bridgehead atoms. The van der Waals surface area contributed by atoms with E-state index in [1.165, 1.54) is 0 Å². The predicted molar refractivity (Wildman–Crippen MR) is 81.4 cm³/mol. The predicted octanol–water partition coefficient (Wildman–Crippen LogP) is 0.268. The number of carbonyl (C=O) groups excluding carboxylic acids is 2. The molecule has 1 rings (SSSR count). The molecule has 115 valence electrons. The summed E-state index contributed by atoms with van der Waals surface area (Å²) >= 11 is 0. The number of hydrogen-bond donors (Lipinski definition) is 4. The van der Waals surface area contributed by atoms with Gasteiger partial charge in [0.2, 0.25) is 11.8 Å². The number of aliphatic hydroxyl groups is 1. The molecule has 6 nitrogen and oxygen atoms in total. The molecule has 1 radical (unpaired) electrons. The molecule has 0 saturated carbocycles. The third kappa shape index (κ3) is 5.17. The second-order valence-corrected chi connectivity index (χ2v) is 5.20. The van der Waals surface area contributed by atoms with Crippen molar-refractivity contribution in [2.75, 3.05) is 11.9 Å². The Morgan fingerprint density at radius 1 is 1.24 bits per heavy atom. The van der Waals surface area contributed by atoms with Gasteiger partial charge in [-0.3, -0.25) is 9.59 Å². The van der Waals surface area contributed by atoms with Crippen LogP contribution < -0.4 is 16.4 Å². The van der Waals surface area contributed by atoms with Gasteiger partial charge >= 0.3 is 0 Å². The van der Waals surface area contributed by atoms with Gasteiger partial charge in [-0.25, -0.2) is 0 Å². The monoisotopic (exact) mass is 292 g/mol. The number of aliphatic hydroxyl groups excluding tert-OH is 1. The van der Waals surface area contributed by atoms with E-state index in [2.05, 4.69) is 17.6 Å². The molecule has 0 fully saturated rings. The van der Waals surface area contributed by atoms with Crippen molar-refractivity contribution < 1.29 is 14.7 Å². The summed E-state index contributed by atoms with van der Waals surface area (Å²) in [5, 5.41) is 14.3. The van der Waals surface area contributed by atoms with Gasteiger partial charge in [0.05, 0.1) is 12.6 Å². The highest BCUT2D eigenvalue weighted by molar-refractivity contribution is 5.97. The molecule has 0 saturated heterocycles. The third-order valence-corrected chi connectivity index (χ3v) is 3.06. The highest BCUT2D eigenvalue weighted by Gasteiger charge is 2.24. The topological polar surface area (TPSA) is 104 Å². The van der Waals surface area contributed by atoms with Crippen molar-refractivity contribution in [1.29, 1.82) is 0 Å². The van der Waals surface area contributed by atoms with Gasteiger partial charge in [-0.15, -0.1) is 0 Å². The van der Waals surface area contributed by atoms with Gasteiger partial charge in [-0.05, 0) is 30.5 Å². The Labute approximate surface area is 124 Å². The number of nitrogens with two attached hydrogens (primary N) is 1. The summed E-state index contributed by atoms with van der Waals surface area (Å²) in [6.45, 7) is 6.85. The molecule has 0 aliphatic heterocycles. The molecule has 2 atom stereocenters. The van der Waals surface area contributed by atoms with Crippen LogP contribution in [-0.2, 0) is 9.59 Å². The smallest absolute Gasteiger partial charge is 0.249 e. The van der Waals surface area contributed by atoms with Gasteiger partial charge in [-0.1, -0.05) is 26.0 Å². The second-order valence-electron chi connectivity index (χ2n) is 5.20. The molecule has 0 aromatic heterocycles. The van der Waals surface area contributed by atoms with Crippen molar-refractivity contribution in [3.05, 3.63) is 36.8 Å². The summed E-state index contributed by atoms with van der Waals surface area (Å²) in [6, 6.07) is 5.11. The average Bonchev–Trinajstić information content (AvgIpc) is 2.45. The molecular formula is C15H22N3O3. The van der Waals surface area contributed by atoms with Crippen molar-refractivity contribution in [1.82, 2.24) is 5.32 Å². The first-order valence-electron chi connectivity index (χ1n) is 6.75. The van der Waals surface area contributed by atoms with E-state index in [1.54, 1.807) is 38.1 Å². The molecule has 0 unspecified atom stereocenters. The lowest BCUT2D eigenvalue weighted by Crippen LogP contribution is -2.52. The molecular weight excluding hydrogens is 270 g/mol. The summed E-state index contributed by atoms with van der Waals surface area (Å²) in [6.07, 6.45) is 0. The summed E-state index contributed by atoms with van der Waals surface area (Å²) < 4.78 is 0. The summed E-state index contributed by atoms with van der Waals surface area (Å²) in [5.41, 5.74) is 7.09. The van der Waals surface area contributed by atoms with Gasteiger partial charge in [0.15, 0.2) is 0 Å². The third-order valence-electron chi connectivity index (χ3n) is 3.06. The van der Waals surface area contributed by atoms with Crippen LogP contribution in [0.4, 0.5) is 5.69 Å². The Balaban J connectivity index is 2.65. The number of anilines is 1. The minimum atomic E-state index is -1.04. The zero-order valence-corrected chi connectivity index (χ0v) is 12.3. The quantitative estimate of drug-likeness (QED) is 0.604. The van der Waals surface area contributed by atoms with Crippen molar-refractivity contribution in [3.63, 3.8) is 0 Å². The van der Waals surface area contributed by atoms with E-state index >= 15 is 0 Å². The minimum Gasteiger partial charge on any atom is -0.394 e. The Morgan fingerprint density at radius 3 is 2.29 bits per heavy atom. The lowest BCUT2D eigenvalue weighted by atomic mass is 10.0. The van der Waals surface area contributed by atoms with Crippen LogP contribution >= 0.6 is 0 Å². The normalized spacial score (nSPS) is 13.6. The number of carbonyl (C=O) groups is 2. The van der Waals surface area contributed by atoms with E-state index < -0.39 is 30.5 Å². The first-order chi connectivity index (χ1) is 9.85. The summed E-state index contributed by atoms with van der Waals surface area (Å²) in [7, 11) is 0. The minimum absolute atomic E-state index is 0.0583. The van der Waals surface area contributed by atoms with E-state index in [9.17, 15) is 14.7 Å². The van der Waals surface area contributed by atoms with Crippen LogP contribution in [0.1, 0.15) is 19.4 Å². The fourth-order valence-corrected chi connectivity index (χ4v) is 1.58. The zero-order chi connectivity index (χ0) is 16.0. The van der Waals surface area contributed by atoms with Crippen LogP contribution in [-0.4, -0.2) is 35.6 Å². The number of benzene rings is 1. The number of hydrogen-bond acceptors (Lipinski definition) is 4. The molecule has 6 heteroatoms. The molecule has 21 heavy (non-hydrogen) atoms. The SMILES string of the molecule is [CH2]c1ccc(NC(=O)[C@H](CO)NC(=O)[C@@H](N)C(C)C)cc1. The van der Waals surface area contributed by atoms with Gasteiger partial charge in [0.25, 0.3) is 0 Å². The van der Waals surface area contributed by atoms with Gasteiger partial charge < -0.3 is 21.5 Å². The van der Waals surface area contributed by atoms with E-state index in [0.717, 1.165) is 5.56 Å². The maximum absolute atomic E-state index is 12.0. The highest BCUT2D eigenvalue weighted by Crippen LogP contribution is 2.09. The van der Waals surface area contributed by atoms with E-state index in [1.807, 2.05) is 0 Å². The Hall–Kier alpha value is -1.92. The standard InChI is InChI=1S/C15H22N3O3/c1-9(2)13(16)15(21)18-12(8-19)14(20)17-11-6-4-10(3)5-7-11/h4-7,9,12-13,19H,3,8,16H2,1-2H3,(H,17,20)(H,18,21)/t12-,13-/m0/s1. The van der Waals surface area contributed by atoms with Crippen LogP contribution in [0.25, 0.3) is 0 Å². The fourth-order valence-electron chi connectivity index (χ4n) is 1.58. The molecule has 0 aliphatic rings. The average molecular weight is 292 g/mol. The van der Waals surface area contributed by atoms with Crippen LogP contribution in [0.5, 0.6) is 0 Å². The molecule has 2 amide bonds. The first-order valence-corrected chi connectivity index (χ1v) is 6.75. The maximum atomic E-state index is 12.0. The van der Waals surface area contributed by atoms with Gasteiger partial charge in [0.1, 0.15) is 6.04 Å². The van der Waals surface area contributed by atoms with Gasteiger partial charge in [-0.2, -0.15) is 0 Å². The maximum Gasteiger partial charge on any atom is 0.249 e. The lowest BCUT2D eigenvalue weighted by Gasteiger charge is -2.20. The molecule has 1 aromatic carbocycles. The van der Waals surface area contributed by atoms with Crippen LogP contribution in [0, 0.1) is 12.8 Å². The summed E-state index contributed by atoms with van der Waals surface area (Å²) in [4.78, 5) is 23.8. The number of amides is 2. The van der Waals surface area contributed by atoms with Crippen molar-refractivity contribution >= 4 is 17.5 Å². The van der Waals surface area contributed by atoms with Crippen LogP contribution in [0.2, 0.25) is 0 Å². The van der Waals surface area contributed by atoms with E-state index in [0.29, 0.717) is 5.69 Å². The van der Waals surface area contributed by atoms with Crippen molar-refractivity contribution in [2.45, 2.75) is 25.9 Å². The van der Waals surface area contributed by atoms with E-state index in [4.69, 9.17) is 5.73 Å².